The maximum Gasteiger partial charge on any atom is 0.184 e. The highest BCUT2D eigenvalue weighted by Gasteiger charge is 2.15. The molecule has 1 heterocycles. The van der Waals surface area contributed by atoms with Crippen molar-refractivity contribution >= 4 is 16.7 Å². The number of anilines is 1. The van der Waals surface area contributed by atoms with Crippen LogP contribution in [-0.4, -0.2) is 9.55 Å². The van der Waals surface area contributed by atoms with Crippen LogP contribution in [0.25, 0.3) is 16.7 Å². The van der Waals surface area contributed by atoms with Crippen LogP contribution in [0.2, 0.25) is 0 Å². The molecule has 90 valence electrons. The molecule has 0 aliphatic carbocycles. The van der Waals surface area contributed by atoms with Gasteiger partial charge >= 0.3 is 0 Å². The fourth-order valence-electron chi connectivity index (χ4n) is 1.94. The molecule has 3 aromatic rings. The zero-order chi connectivity index (χ0) is 12.7. The van der Waals surface area contributed by atoms with Gasteiger partial charge in [0.1, 0.15) is 12.0 Å². The van der Waals surface area contributed by atoms with Gasteiger partial charge in [-0.2, -0.15) is 0 Å². The third-order valence-corrected chi connectivity index (χ3v) is 2.79. The predicted molar refractivity (Wildman–Crippen MR) is 65.4 cm³/mol. The fraction of sp³-hybridized carbons (Fsp3) is 0. The van der Waals surface area contributed by atoms with Crippen molar-refractivity contribution in [1.82, 2.24) is 9.55 Å². The molecular weight excluding hydrogens is 236 g/mol. The largest absolute Gasteiger partial charge is 0.397 e. The molecule has 0 amide bonds. The summed E-state index contributed by atoms with van der Waals surface area (Å²) in [6.07, 6.45) is 1.43. The number of para-hydroxylation sites is 2. The number of halogens is 2. The first kappa shape index (κ1) is 10.7. The first-order valence-corrected chi connectivity index (χ1v) is 5.34. The second-order valence-corrected chi connectivity index (χ2v) is 3.90. The Hall–Kier alpha value is -2.43. The molecule has 0 spiro atoms. The summed E-state index contributed by atoms with van der Waals surface area (Å²) in [5, 5.41) is 0. The van der Waals surface area contributed by atoms with E-state index in [0.29, 0.717) is 11.0 Å². The Labute approximate surface area is 101 Å². The topological polar surface area (TPSA) is 43.8 Å². The maximum absolute atomic E-state index is 13.9. The molecule has 0 fully saturated rings. The lowest BCUT2D eigenvalue weighted by molar-refractivity contribution is 0.505. The van der Waals surface area contributed by atoms with E-state index in [4.69, 9.17) is 5.73 Å². The molecular formula is C13H9F2N3. The molecule has 0 radical (unpaired) electrons. The molecule has 0 unspecified atom stereocenters. The van der Waals surface area contributed by atoms with Crippen molar-refractivity contribution in [2.75, 3.05) is 5.73 Å². The van der Waals surface area contributed by atoms with Gasteiger partial charge in [0.05, 0.1) is 16.7 Å². The van der Waals surface area contributed by atoms with E-state index in [1.54, 1.807) is 18.2 Å². The predicted octanol–water partition coefficient (Wildman–Crippen LogP) is 2.89. The molecule has 0 aliphatic rings. The maximum atomic E-state index is 13.9. The van der Waals surface area contributed by atoms with Crippen LogP contribution in [0.4, 0.5) is 14.5 Å². The highest BCUT2D eigenvalue weighted by molar-refractivity contribution is 5.79. The van der Waals surface area contributed by atoms with Crippen molar-refractivity contribution in [3.63, 3.8) is 0 Å². The lowest BCUT2D eigenvalue weighted by atomic mass is 10.2. The minimum absolute atomic E-state index is 0.0105. The molecule has 5 heteroatoms. The van der Waals surface area contributed by atoms with Gasteiger partial charge < -0.3 is 5.73 Å². The van der Waals surface area contributed by atoms with E-state index in [1.807, 2.05) is 6.07 Å². The van der Waals surface area contributed by atoms with Gasteiger partial charge in [-0.1, -0.05) is 12.1 Å². The molecule has 3 nitrogen and oxygen atoms in total. The van der Waals surface area contributed by atoms with Crippen LogP contribution in [0.3, 0.4) is 0 Å². The average molecular weight is 245 g/mol. The van der Waals surface area contributed by atoms with Gasteiger partial charge in [-0.25, -0.2) is 13.8 Å². The van der Waals surface area contributed by atoms with Gasteiger partial charge in [0.25, 0.3) is 0 Å². The van der Waals surface area contributed by atoms with E-state index in [2.05, 4.69) is 4.98 Å². The number of hydrogen-bond donors (Lipinski definition) is 1. The van der Waals surface area contributed by atoms with Gasteiger partial charge in [-0.15, -0.1) is 0 Å². The van der Waals surface area contributed by atoms with Gasteiger partial charge in [0, 0.05) is 0 Å². The Morgan fingerprint density at radius 3 is 2.67 bits per heavy atom. The van der Waals surface area contributed by atoms with E-state index in [9.17, 15) is 8.78 Å². The van der Waals surface area contributed by atoms with E-state index in [-0.39, 0.29) is 11.4 Å². The summed E-state index contributed by atoms with van der Waals surface area (Å²) >= 11 is 0. The molecule has 2 aromatic carbocycles. The van der Waals surface area contributed by atoms with Crippen molar-refractivity contribution in [1.29, 1.82) is 0 Å². The summed E-state index contributed by atoms with van der Waals surface area (Å²) in [7, 11) is 0. The summed E-state index contributed by atoms with van der Waals surface area (Å²) in [6.45, 7) is 0. The molecule has 3 rings (SSSR count). The zero-order valence-electron chi connectivity index (χ0n) is 9.27. The average Bonchev–Trinajstić information content (AvgIpc) is 2.79. The lowest BCUT2D eigenvalue weighted by Gasteiger charge is -2.09. The first-order valence-electron chi connectivity index (χ1n) is 5.34. The third-order valence-electron chi connectivity index (χ3n) is 2.79. The molecule has 18 heavy (non-hydrogen) atoms. The van der Waals surface area contributed by atoms with E-state index in [0.717, 1.165) is 6.07 Å². The summed E-state index contributed by atoms with van der Waals surface area (Å²) in [6, 6.07) is 9.53. The van der Waals surface area contributed by atoms with Crippen LogP contribution in [0, 0.1) is 11.6 Å². The fourth-order valence-corrected chi connectivity index (χ4v) is 1.94. The van der Waals surface area contributed by atoms with Crippen LogP contribution >= 0.6 is 0 Å². The number of hydrogen-bond acceptors (Lipinski definition) is 2. The summed E-state index contributed by atoms with van der Waals surface area (Å²) < 4.78 is 28.6. The standard InChI is InChI=1S/C13H9F2N3/c14-8-5-6-9(16)13(12(8)15)18-7-17-10-3-1-2-4-11(10)18/h1-7H,16H2. The molecule has 0 aliphatic heterocycles. The molecule has 2 N–H and O–H groups in total. The quantitative estimate of drug-likeness (QED) is 0.670. The van der Waals surface area contributed by atoms with Crippen molar-refractivity contribution < 1.29 is 8.78 Å². The lowest BCUT2D eigenvalue weighted by Crippen LogP contribution is -2.03. The van der Waals surface area contributed by atoms with Crippen molar-refractivity contribution in [2.45, 2.75) is 0 Å². The highest BCUT2D eigenvalue weighted by atomic mass is 19.2. The minimum atomic E-state index is -0.974. The Morgan fingerprint density at radius 1 is 1.06 bits per heavy atom. The van der Waals surface area contributed by atoms with Crippen LogP contribution in [-0.2, 0) is 0 Å². The second-order valence-electron chi connectivity index (χ2n) is 3.90. The van der Waals surface area contributed by atoms with Gasteiger partial charge in [-0.3, -0.25) is 4.57 Å². The van der Waals surface area contributed by atoms with Crippen LogP contribution in [0.5, 0.6) is 0 Å². The first-order chi connectivity index (χ1) is 8.68. The number of nitrogens with two attached hydrogens (primary N) is 1. The molecule has 0 atom stereocenters. The summed E-state index contributed by atoms with van der Waals surface area (Å²) in [5.74, 6) is -1.91. The zero-order valence-corrected chi connectivity index (χ0v) is 9.27. The van der Waals surface area contributed by atoms with Crippen LogP contribution in [0.1, 0.15) is 0 Å². The smallest absolute Gasteiger partial charge is 0.184 e. The number of nitrogen functional groups attached to an aromatic ring is 1. The summed E-state index contributed by atoms with van der Waals surface area (Å²) in [5.41, 5.74) is 7.24. The van der Waals surface area contributed by atoms with Crippen molar-refractivity contribution in [2.24, 2.45) is 0 Å². The van der Waals surface area contributed by atoms with Gasteiger partial charge in [0.15, 0.2) is 11.6 Å². The second kappa shape index (κ2) is 3.80. The van der Waals surface area contributed by atoms with Crippen molar-refractivity contribution in [3.05, 3.63) is 54.4 Å². The number of imidazole rings is 1. The molecule has 0 saturated carbocycles. The Morgan fingerprint density at radius 2 is 1.83 bits per heavy atom. The number of aromatic nitrogens is 2. The number of nitrogens with zero attached hydrogens (tertiary/aromatic N) is 2. The monoisotopic (exact) mass is 245 g/mol. The Balaban J connectivity index is 2.36. The van der Waals surface area contributed by atoms with Crippen LogP contribution < -0.4 is 5.73 Å². The van der Waals surface area contributed by atoms with Crippen molar-refractivity contribution in [3.8, 4) is 5.69 Å². The van der Waals surface area contributed by atoms with E-state index < -0.39 is 11.6 Å². The van der Waals surface area contributed by atoms with E-state index >= 15 is 0 Å². The normalized spacial score (nSPS) is 11.0. The SMILES string of the molecule is Nc1ccc(F)c(F)c1-n1cnc2ccccc21. The highest BCUT2D eigenvalue weighted by Crippen LogP contribution is 2.26. The molecule has 0 bridgehead atoms. The van der Waals surface area contributed by atoms with Gasteiger partial charge in [-0.05, 0) is 24.3 Å². The third kappa shape index (κ3) is 1.44. The molecule has 1 aromatic heterocycles. The minimum Gasteiger partial charge on any atom is -0.397 e. The Kier molecular flexibility index (Phi) is 2.26. The Bertz CT molecular complexity index is 734. The van der Waals surface area contributed by atoms with Gasteiger partial charge in [0.2, 0.25) is 0 Å². The molecule has 0 saturated heterocycles. The number of benzene rings is 2. The number of fused-ring (bicyclic) bond motifs is 1. The summed E-state index contributed by atoms with van der Waals surface area (Å²) in [4.78, 5) is 4.13. The van der Waals surface area contributed by atoms with E-state index in [1.165, 1.54) is 17.0 Å². The number of rotatable bonds is 1. The van der Waals surface area contributed by atoms with Crippen LogP contribution in [0.15, 0.2) is 42.7 Å².